The van der Waals surface area contributed by atoms with Crippen LogP contribution < -0.4 is 10.1 Å². The lowest BCUT2D eigenvalue weighted by molar-refractivity contribution is -0.137. The summed E-state index contributed by atoms with van der Waals surface area (Å²) in [4.78, 5) is 17.2. The number of halogens is 3. The Morgan fingerprint density at radius 2 is 1.91 bits per heavy atom. The Bertz CT molecular complexity index is 1420. The second-order valence-electron chi connectivity index (χ2n) is 8.06. The van der Waals surface area contributed by atoms with E-state index in [0.717, 1.165) is 17.7 Å². The number of methoxy groups -OCH3 is 1. The van der Waals surface area contributed by atoms with Gasteiger partial charge in [-0.3, -0.25) is 4.79 Å². The van der Waals surface area contributed by atoms with Gasteiger partial charge in [-0.1, -0.05) is 24.3 Å². The van der Waals surface area contributed by atoms with Crippen molar-refractivity contribution in [1.82, 2.24) is 25.0 Å². The van der Waals surface area contributed by atoms with Crippen LogP contribution in [0.1, 0.15) is 34.7 Å². The van der Waals surface area contributed by atoms with Gasteiger partial charge < -0.3 is 10.1 Å². The smallest absolute Gasteiger partial charge is 0.416 e. The molecule has 178 valence electrons. The number of alkyl halides is 3. The molecule has 1 atom stereocenters. The zero-order valence-corrected chi connectivity index (χ0v) is 18.7. The van der Waals surface area contributed by atoms with Crippen molar-refractivity contribution >= 4 is 11.7 Å². The number of carbonyl (C=O) groups excluding carboxylic acids is 1. The third-order valence-corrected chi connectivity index (χ3v) is 5.85. The van der Waals surface area contributed by atoms with Gasteiger partial charge in [-0.05, 0) is 36.8 Å². The summed E-state index contributed by atoms with van der Waals surface area (Å²) in [5.41, 5.74) is 2.41. The quantitative estimate of drug-likeness (QED) is 0.461. The van der Waals surface area contributed by atoms with Crippen LogP contribution >= 0.6 is 0 Å². The highest BCUT2D eigenvalue weighted by molar-refractivity contribution is 5.95. The molecule has 4 aromatic rings. The van der Waals surface area contributed by atoms with E-state index in [2.05, 4.69) is 25.6 Å². The summed E-state index contributed by atoms with van der Waals surface area (Å²) in [6.45, 7) is 1.77. The Hall–Kier alpha value is -4.28. The zero-order chi connectivity index (χ0) is 24.7. The Morgan fingerprint density at radius 3 is 2.63 bits per heavy atom. The number of aromatic nitrogens is 5. The fraction of sp³-hybridized carbons (Fsp3) is 0.208. The van der Waals surface area contributed by atoms with Gasteiger partial charge in [0.25, 0.3) is 5.95 Å². The molecule has 8 nitrogen and oxygen atoms in total. The molecule has 0 unspecified atom stereocenters. The molecule has 0 bridgehead atoms. The van der Waals surface area contributed by atoms with Crippen LogP contribution in [0.25, 0.3) is 17.2 Å². The molecular weight excluding hydrogens is 461 g/mol. The predicted octanol–water partition coefficient (Wildman–Crippen LogP) is 4.53. The molecule has 0 fully saturated rings. The minimum atomic E-state index is -4.44. The molecule has 0 aliphatic carbocycles. The van der Waals surface area contributed by atoms with Crippen LogP contribution in [0.3, 0.4) is 0 Å². The average molecular weight is 480 g/mol. The summed E-state index contributed by atoms with van der Waals surface area (Å²) in [6, 6.07) is 12.1. The highest BCUT2D eigenvalue weighted by Crippen LogP contribution is 2.40. The Kier molecular flexibility index (Phi) is 5.46. The van der Waals surface area contributed by atoms with Gasteiger partial charge in [-0.25, -0.2) is 4.98 Å². The maximum atomic E-state index is 13.0. The summed E-state index contributed by atoms with van der Waals surface area (Å²) in [5.74, 6) is 0.405. The molecule has 0 spiro atoms. The minimum absolute atomic E-state index is 0.0772. The van der Waals surface area contributed by atoms with E-state index in [4.69, 9.17) is 4.74 Å². The molecule has 11 heteroatoms. The highest BCUT2D eigenvalue weighted by atomic mass is 19.4. The number of fused-ring (bicyclic) bond motifs is 1. The van der Waals surface area contributed by atoms with Gasteiger partial charge in [-0.2, -0.15) is 28.1 Å². The van der Waals surface area contributed by atoms with Gasteiger partial charge in [0.1, 0.15) is 11.6 Å². The van der Waals surface area contributed by atoms with Crippen molar-refractivity contribution in [3.8, 4) is 23.0 Å². The van der Waals surface area contributed by atoms with E-state index in [-0.39, 0.29) is 18.3 Å². The standard InChI is InChI=1S/C24H19F3N6O2/c1-13-21-18(14-6-8-16(9-7-14)24(25,26)27)11-20(34)30-22(21)33(32-13)23-29-19(12-28-31-23)15-4-3-5-17(10-15)35-2/h3-10,12,18H,11H2,1-2H3,(H,30,34)/t18-/m1/s1. The van der Waals surface area contributed by atoms with Crippen LogP contribution in [0.4, 0.5) is 19.0 Å². The fourth-order valence-electron chi connectivity index (χ4n) is 4.19. The molecule has 5 rings (SSSR count). The lowest BCUT2D eigenvalue weighted by Crippen LogP contribution is -2.25. The summed E-state index contributed by atoms with van der Waals surface area (Å²) < 4.78 is 45.7. The normalized spacial score (nSPS) is 15.5. The van der Waals surface area contributed by atoms with Crippen molar-refractivity contribution in [2.24, 2.45) is 0 Å². The van der Waals surface area contributed by atoms with Crippen molar-refractivity contribution in [2.45, 2.75) is 25.4 Å². The molecule has 0 radical (unpaired) electrons. The van der Waals surface area contributed by atoms with Crippen molar-refractivity contribution < 1.29 is 22.7 Å². The van der Waals surface area contributed by atoms with E-state index in [0.29, 0.717) is 34.1 Å². The molecule has 35 heavy (non-hydrogen) atoms. The largest absolute Gasteiger partial charge is 0.497 e. The number of carbonyl (C=O) groups is 1. The first-order valence-electron chi connectivity index (χ1n) is 10.7. The molecule has 2 aromatic carbocycles. The molecule has 2 aromatic heterocycles. The summed E-state index contributed by atoms with van der Waals surface area (Å²) in [5, 5.41) is 15.5. The third-order valence-electron chi connectivity index (χ3n) is 5.85. The minimum Gasteiger partial charge on any atom is -0.497 e. The molecule has 1 N–H and O–H groups in total. The van der Waals surface area contributed by atoms with Crippen LogP contribution in [0.2, 0.25) is 0 Å². The van der Waals surface area contributed by atoms with Crippen LogP contribution in [0.15, 0.2) is 54.7 Å². The SMILES string of the molecule is COc1cccc(-c2cnnc(-n3nc(C)c4c3NC(=O)C[C@@H]4c3ccc(C(F)(F)F)cc3)n2)c1. The van der Waals surface area contributed by atoms with Crippen LogP contribution in [-0.2, 0) is 11.0 Å². The molecule has 1 amide bonds. The molecule has 3 heterocycles. The molecule has 1 aliphatic heterocycles. The van der Waals surface area contributed by atoms with E-state index >= 15 is 0 Å². The summed E-state index contributed by atoms with van der Waals surface area (Å²) in [7, 11) is 1.57. The number of aryl methyl sites for hydroxylation is 1. The number of nitrogens with zero attached hydrogens (tertiary/aromatic N) is 5. The van der Waals surface area contributed by atoms with Gasteiger partial charge in [0, 0.05) is 23.5 Å². The summed E-state index contributed by atoms with van der Waals surface area (Å²) >= 11 is 0. The number of anilines is 1. The van der Waals surface area contributed by atoms with Crippen molar-refractivity contribution in [2.75, 3.05) is 12.4 Å². The first-order chi connectivity index (χ1) is 16.7. The van der Waals surface area contributed by atoms with Crippen LogP contribution in [-0.4, -0.2) is 38.0 Å². The second kappa shape index (κ2) is 8.49. The number of ether oxygens (including phenoxy) is 1. The molecule has 1 aliphatic rings. The number of hydrogen-bond acceptors (Lipinski definition) is 6. The maximum absolute atomic E-state index is 13.0. The first kappa shape index (κ1) is 22.5. The second-order valence-corrected chi connectivity index (χ2v) is 8.06. The van der Waals surface area contributed by atoms with Crippen LogP contribution in [0.5, 0.6) is 5.75 Å². The number of benzene rings is 2. The zero-order valence-electron chi connectivity index (χ0n) is 18.7. The number of hydrogen-bond donors (Lipinski definition) is 1. The third kappa shape index (κ3) is 4.20. The van der Waals surface area contributed by atoms with Gasteiger partial charge in [0.15, 0.2) is 0 Å². The number of rotatable bonds is 4. The van der Waals surface area contributed by atoms with Crippen molar-refractivity contribution in [3.05, 3.63) is 77.1 Å². The van der Waals surface area contributed by atoms with E-state index in [1.54, 1.807) is 20.1 Å². The maximum Gasteiger partial charge on any atom is 0.416 e. The highest BCUT2D eigenvalue weighted by Gasteiger charge is 2.35. The van der Waals surface area contributed by atoms with Crippen molar-refractivity contribution in [3.63, 3.8) is 0 Å². The first-order valence-corrected chi connectivity index (χ1v) is 10.7. The fourth-order valence-corrected chi connectivity index (χ4v) is 4.19. The van der Waals surface area contributed by atoms with Gasteiger partial charge in [0.05, 0.1) is 30.3 Å². The lowest BCUT2D eigenvalue weighted by atomic mass is 9.85. The summed E-state index contributed by atoms with van der Waals surface area (Å²) in [6.07, 6.45) is -2.86. The predicted molar refractivity (Wildman–Crippen MR) is 120 cm³/mol. The van der Waals surface area contributed by atoms with E-state index in [1.165, 1.54) is 23.0 Å². The van der Waals surface area contributed by atoms with Crippen LogP contribution in [0, 0.1) is 6.92 Å². The Balaban J connectivity index is 1.56. The van der Waals surface area contributed by atoms with Gasteiger partial charge in [-0.15, -0.1) is 5.10 Å². The lowest BCUT2D eigenvalue weighted by Gasteiger charge is -2.24. The van der Waals surface area contributed by atoms with E-state index < -0.39 is 17.7 Å². The van der Waals surface area contributed by atoms with E-state index in [9.17, 15) is 18.0 Å². The Morgan fingerprint density at radius 1 is 1.14 bits per heavy atom. The van der Waals surface area contributed by atoms with Crippen molar-refractivity contribution in [1.29, 1.82) is 0 Å². The molecule has 0 saturated carbocycles. The number of amides is 1. The number of nitrogens with one attached hydrogen (secondary N) is 1. The Labute approximate surface area is 197 Å². The molecular formula is C24H19F3N6O2. The van der Waals surface area contributed by atoms with Gasteiger partial charge >= 0.3 is 6.18 Å². The van der Waals surface area contributed by atoms with Gasteiger partial charge in [0.2, 0.25) is 5.91 Å². The average Bonchev–Trinajstić information content (AvgIpc) is 3.19. The topological polar surface area (TPSA) is 94.8 Å². The molecule has 0 saturated heterocycles. The monoisotopic (exact) mass is 480 g/mol. The van der Waals surface area contributed by atoms with E-state index in [1.807, 2.05) is 18.2 Å².